The Kier molecular flexibility index (Phi) is 6.20. The largest absolute Gasteiger partial charge is 0.417 e. The van der Waals surface area contributed by atoms with Gasteiger partial charge in [-0.3, -0.25) is 9.59 Å². The molecule has 0 aromatic heterocycles. The van der Waals surface area contributed by atoms with E-state index in [1.807, 2.05) is 31.2 Å². The van der Waals surface area contributed by atoms with Crippen LogP contribution in [-0.4, -0.2) is 11.8 Å². The number of nitrogens with one attached hydrogen (secondary N) is 2. The summed E-state index contributed by atoms with van der Waals surface area (Å²) in [6.07, 6.45) is -4.65. The normalized spacial score (nSPS) is 11.1. The number of hydrogen-bond acceptors (Lipinski definition) is 2. The van der Waals surface area contributed by atoms with E-state index in [2.05, 4.69) is 10.6 Å². The second-order valence-electron chi connectivity index (χ2n) is 6.69. The summed E-state index contributed by atoms with van der Waals surface area (Å²) >= 11 is 0. The van der Waals surface area contributed by atoms with Gasteiger partial charge in [0.2, 0.25) is 0 Å². The molecule has 0 saturated carbocycles. The maximum atomic E-state index is 13.1. The summed E-state index contributed by atoms with van der Waals surface area (Å²) in [6.45, 7) is 2.28. The lowest BCUT2D eigenvalue weighted by Gasteiger charge is -2.13. The number of aryl methyl sites for hydroxylation is 1. The summed E-state index contributed by atoms with van der Waals surface area (Å²) in [7, 11) is 0. The minimum absolute atomic E-state index is 0.223. The van der Waals surface area contributed by atoms with E-state index in [9.17, 15) is 22.8 Å². The van der Waals surface area contributed by atoms with E-state index in [0.29, 0.717) is 6.54 Å². The van der Waals surface area contributed by atoms with Crippen LogP contribution in [0.2, 0.25) is 0 Å². The van der Waals surface area contributed by atoms with Crippen LogP contribution in [0.1, 0.15) is 37.4 Å². The fraction of sp³-hybridized carbons (Fsp3) is 0.130. The first-order valence-corrected chi connectivity index (χ1v) is 9.16. The van der Waals surface area contributed by atoms with Crippen molar-refractivity contribution in [2.45, 2.75) is 19.6 Å². The number of anilines is 1. The molecule has 154 valence electrons. The number of carbonyl (C=O) groups excluding carboxylic acids is 2. The molecule has 4 nitrogen and oxygen atoms in total. The topological polar surface area (TPSA) is 58.2 Å². The predicted octanol–water partition coefficient (Wildman–Crippen LogP) is 5.20. The van der Waals surface area contributed by atoms with Crippen LogP contribution < -0.4 is 10.6 Å². The van der Waals surface area contributed by atoms with Crippen molar-refractivity contribution in [3.8, 4) is 0 Å². The summed E-state index contributed by atoms with van der Waals surface area (Å²) in [5.74, 6) is -1.26. The van der Waals surface area contributed by atoms with E-state index in [0.717, 1.165) is 23.3 Å². The van der Waals surface area contributed by atoms with Gasteiger partial charge in [-0.25, -0.2) is 0 Å². The van der Waals surface area contributed by atoms with Gasteiger partial charge >= 0.3 is 6.18 Å². The van der Waals surface area contributed by atoms with Gasteiger partial charge in [0.1, 0.15) is 0 Å². The zero-order valence-electron chi connectivity index (χ0n) is 16.1. The highest BCUT2D eigenvalue weighted by molar-refractivity contribution is 6.06. The lowest BCUT2D eigenvalue weighted by molar-refractivity contribution is -0.137. The number of amides is 2. The van der Waals surface area contributed by atoms with Crippen LogP contribution in [0.4, 0.5) is 18.9 Å². The van der Waals surface area contributed by atoms with Gasteiger partial charge in [0, 0.05) is 17.8 Å². The second kappa shape index (κ2) is 8.82. The summed E-state index contributed by atoms with van der Waals surface area (Å²) in [4.78, 5) is 24.8. The molecular weight excluding hydrogens is 393 g/mol. The number of carbonyl (C=O) groups is 2. The Bertz CT molecular complexity index is 1080. The van der Waals surface area contributed by atoms with Crippen molar-refractivity contribution >= 4 is 17.5 Å². The quantitative estimate of drug-likeness (QED) is 0.606. The molecule has 0 spiro atoms. The Balaban J connectivity index is 1.72. The van der Waals surface area contributed by atoms with Crippen molar-refractivity contribution < 1.29 is 22.8 Å². The minimum Gasteiger partial charge on any atom is -0.348 e. The average Bonchev–Trinajstić information content (AvgIpc) is 2.72. The molecule has 3 aromatic rings. The van der Waals surface area contributed by atoms with Crippen molar-refractivity contribution in [2.75, 3.05) is 5.32 Å². The third kappa shape index (κ3) is 5.05. The van der Waals surface area contributed by atoms with Crippen molar-refractivity contribution in [3.05, 3.63) is 101 Å². The first kappa shape index (κ1) is 21.1. The van der Waals surface area contributed by atoms with Gasteiger partial charge in [0.05, 0.1) is 11.1 Å². The van der Waals surface area contributed by atoms with Gasteiger partial charge in [0.15, 0.2) is 0 Å². The predicted molar refractivity (Wildman–Crippen MR) is 108 cm³/mol. The molecule has 0 aliphatic carbocycles. The first-order valence-electron chi connectivity index (χ1n) is 9.16. The van der Waals surface area contributed by atoms with Crippen LogP contribution in [0.5, 0.6) is 0 Å². The number of alkyl halides is 3. The summed E-state index contributed by atoms with van der Waals surface area (Å²) in [5.41, 5.74) is 1.02. The number of benzene rings is 3. The van der Waals surface area contributed by atoms with Gasteiger partial charge in [-0.05, 0) is 48.4 Å². The highest BCUT2D eigenvalue weighted by Gasteiger charge is 2.34. The van der Waals surface area contributed by atoms with Crippen LogP contribution in [0, 0.1) is 6.92 Å². The van der Waals surface area contributed by atoms with Gasteiger partial charge in [-0.1, -0.05) is 42.5 Å². The van der Waals surface area contributed by atoms with Crippen LogP contribution in [0.15, 0.2) is 72.8 Å². The molecular formula is C23H19F3N2O2. The third-order valence-corrected chi connectivity index (χ3v) is 4.56. The van der Waals surface area contributed by atoms with E-state index in [1.165, 1.54) is 24.3 Å². The lowest BCUT2D eigenvalue weighted by Crippen LogP contribution is -2.23. The smallest absolute Gasteiger partial charge is 0.348 e. The maximum Gasteiger partial charge on any atom is 0.417 e. The zero-order chi connectivity index (χ0) is 21.7. The molecule has 3 aromatic carbocycles. The Hall–Kier alpha value is -3.61. The maximum absolute atomic E-state index is 13.1. The SMILES string of the molecule is Cc1ccccc1CNC(=O)c1cccc(NC(=O)c2ccccc2C(F)(F)F)c1. The summed E-state index contributed by atoms with van der Waals surface area (Å²) < 4.78 is 39.4. The molecule has 0 unspecified atom stereocenters. The Morgan fingerprint density at radius 1 is 0.867 bits per heavy atom. The fourth-order valence-corrected chi connectivity index (χ4v) is 2.95. The standard InChI is InChI=1S/C23H19F3N2O2/c1-15-7-2-3-8-17(15)14-27-21(29)16-9-6-10-18(13-16)28-22(30)19-11-4-5-12-20(19)23(24,25)26/h2-13H,14H2,1H3,(H,27,29)(H,28,30). The highest BCUT2D eigenvalue weighted by Crippen LogP contribution is 2.32. The Morgan fingerprint density at radius 3 is 2.30 bits per heavy atom. The summed E-state index contributed by atoms with van der Waals surface area (Å²) in [5, 5.41) is 5.23. The van der Waals surface area contributed by atoms with Crippen molar-refractivity contribution in [2.24, 2.45) is 0 Å². The first-order chi connectivity index (χ1) is 14.3. The van der Waals surface area contributed by atoms with Gasteiger partial charge in [-0.2, -0.15) is 13.2 Å². The number of hydrogen-bond donors (Lipinski definition) is 2. The van der Waals surface area contributed by atoms with E-state index in [4.69, 9.17) is 0 Å². The van der Waals surface area contributed by atoms with Gasteiger partial charge in [-0.15, -0.1) is 0 Å². The molecule has 0 fully saturated rings. The number of halogens is 3. The van der Waals surface area contributed by atoms with Crippen molar-refractivity contribution in [1.82, 2.24) is 5.32 Å². The molecule has 0 heterocycles. The van der Waals surface area contributed by atoms with Crippen LogP contribution in [0.3, 0.4) is 0 Å². The molecule has 0 atom stereocenters. The van der Waals surface area contributed by atoms with E-state index < -0.39 is 23.2 Å². The molecule has 0 aliphatic rings. The van der Waals surface area contributed by atoms with Crippen LogP contribution in [-0.2, 0) is 12.7 Å². The molecule has 30 heavy (non-hydrogen) atoms. The lowest BCUT2D eigenvalue weighted by atomic mass is 10.1. The second-order valence-corrected chi connectivity index (χ2v) is 6.69. The minimum atomic E-state index is -4.65. The Morgan fingerprint density at radius 2 is 1.57 bits per heavy atom. The van der Waals surface area contributed by atoms with E-state index in [-0.39, 0.29) is 17.2 Å². The van der Waals surface area contributed by atoms with Gasteiger partial charge in [0.25, 0.3) is 11.8 Å². The zero-order valence-corrected chi connectivity index (χ0v) is 16.1. The van der Waals surface area contributed by atoms with Crippen molar-refractivity contribution in [3.63, 3.8) is 0 Å². The molecule has 2 amide bonds. The van der Waals surface area contributed by atoms with Gasteiger partial charge < -0.3 is 10.6 Å². The molecule has 0 radical (unpaired) electrons. The highest BCUT2D eigenvalue weighted by atomic mass is 19.4. The average molecular weight is 412 g/mol. The van der Waals surface area contributed by atoms with E-state index >= 15 is 0 Å². The van der Waals surface area contributed by atoms with Crippen LogP contribution >= 0.6 is 0 Å². The number of rotatable bonds is 5. The summed E-state index contributed by atoms with van der Waals surface area (Å²) in [6, 6.07) is 18.2. The van der Waals surface area contributed by atoms with E-state index in [1.54, 1.807) is 12.1 Å². The third-order valence-electron chi connectivity index (χ3n) is 4.56. The molecule has 0 saturated heterocycles. The van der Waals surface area contributed by atoms with Crippen LogP contribution in [0.25, 0.3) is 0 Å². The molecule has 0 aliphatic heterocycles. The van der Waals surface area contributed by atoms with Crippen molar-refractivity contribution in [1.29, 1.82) is 0 Å². The molecule has 7 heteroatoms. The molecule has 0 bridgehead atoms. The monoisotopic (exact) mass is 412 g/mol. The molecule has 3 rings (SSSR count). The fourth-order valence-electron chi connectivity index (χ4n) is 2.95. The Labute approximate surface area is 171 Å². The molecule has 2 N–H and O–H groups in total.